The van der Waals surface area contributed by atoms with Gasteiger partial charge in [-0.2, -0.15) is 0 Å². The molecule has 1 heterocycles. The fourth-order valence-electron chi connectivity index (χ4n) is 4.25. The molecule has 2 nitrogen and oxygen atoms in total. The molecule has 0 spiro atoms. The molecule has 0 N–H and O–H groups in total. The van der Waals surface area contributed by atoms with Crippen LogP contribution in [0.15, 0.2) is 4.99 Å². The first-order valence-electron chi connectivity index (χ1n) is 12.3. The van der Waals surface area contributed by atoms with Gasteiger partial charge in [-0.15, -0.1) is 0 Å². The fourth-order valence-corrected chi connectivity index (χ4v) is 4.56. The Morgan fingerprint density at radius 2 is 1.11 bits per heavy atom. The van der Waals surface area contributed by atoms with Gasteiger partial charge in [0.2, 0.25) is 0 Å². The summed E-state index contributed by atoms with van der Waals surface area (Å²) in [7, 11) is 0. The lowest BCUT2D eigenvalue weighted by Gasteiger charge is -2.29. The number of nitrogens with zero attached hydrogens (tertiary/aromatic N) is 2. The average Bonchev–Trinajstić information content (AvgIpc) is 3.10. The van der Waals surface area contributed by atoms with Crippen molar-refractivity contribution in [2.45, 2.75) is 135 Å². The van der Waals surface area contributed by atoms with E-state index in [-0.39, 0.29) is 0 Å². The molecule has 3 heteroatoms. The molecule has 0 atom stereocenters. The van der Waals surface area contributed by atoms with Crippen LogP contribution < -0.4 is 0 Å². The first-order valence-corrected chi connectivity index (χ1v) is 12.6. The van der Waals surface area contributed by atoms with Gasteiger partial charge in [-0.05, 0) is 24.4 Å². The molecule has 27 heavy (non-hydrogen) atoms. The molecule has 0 aromatic heterocycles. The smallest absolute Gasteiger partial charge is 0.194 e. The van der Waals surface area contributed by atoms with Gasteiger partial charge < -0.3 is 4.90 Å². The highest BCUT2D eigenvalue weighted by Gasteiger charge is 2.23. The van der Waals surface area contributed by atoms with E-state index in [0.717, 1.165) is 18.4 Å². The molecular weight excluding hydrogens is 352 g/mol. The van der Waals surface area contributed by atoms with E-state index in [1.165, 1.54) is 116 Å². The monoisotopic (exact) mass is 398 g/mol. The number of hydrogen-bond donors (Lipinski definition) is 0. The molecule has 1 rings (SSSR count). The Bertz CT molecular complexity index is 336. The Hall–Kier alpha value is -0.240. The number of rotatable bonds is 19. The van der Waals surface area contributed by atoms with Crippen molar-refractivity contribution < 1.29 is 0 Å². The van der Waals surface area contributed by atoms with E-state index in [1.54, 1.807) is 0 Å². The summed E-state index contributed by atoms with van der Waals surface area (Å²) in [6.07, 6.45) is 25.0. The lowest BCUT2D eigenvalue weighted by molar-refractivity contribution is 0.288. The van der Waals surface area contributed by atoms with Crippen LogP contribution in [-0.4, -0.2) is 29.3 Å². The normalized spacial score (nSPS) is 14.4. The summed E-state index contributed by atoms with van der Waals surface area (Å²) < 4.78 is 0. The second-order valence-corrected chi connectivity index (χ2v) is 8.86. The van der Waals surface area contributed by atoms with E-state index in [1.807, 2.05) is 0 Å². The van der Waals surface area contributed by atoms with Crippen molar-refractivity contribution in [1.82, 2.24) is 4.90 Å². The second-order valence-electron chi connectivity index (χ2n) is 8.53. The van der Waals surface area contributed by atoms with E-state index in [4.69, 9.17) is 11.6 Å². The number of aliphatic imine (C=N–C) groups is 1. The first-order chi connectivity index (χ1) is 13.3. The van der Waals surface area contributed by atoms with Crippen molar-refractivity contribution >= 4 is 16.9 Å². The summed E-state index contributed by atoms with van der Waals surface area (Å²) in [6, 6.07) is 0.629. The molecule has 0 amide bonds. The fraction of sp³-hybridized carbons (Fsp3) is 0.958. The molecule has 1 aliphatic heterocycles. The number of amidine groups is 1. The van der Waals surface area contributed by atoms with E-state index < -0.39 is 0 Å². The van der Waals surface area contributed by atoms with E-state index in [0.29, 0.717) is 6.04 Å². The number of hydrogen-bond acceptors (Lipinski definition) is 2. The van der Waals surface area contributed by atoms with Gasteiger partial charge in [-0.3, -0.25) is 4.99 Å². The van der Waals surface area contributed by atoms with Gasteiger partial charge in [0.05, 0.1) is 6.54 Å². The molecule has 160 valence electrons. The van der Waals surface area contributed by atoms with Crippen LogP contribution in [0.25, 0.3) is 0 Å². The summed E-state index contributed by atoms with van der Waals surface area (Å²) in [5.74, 6) is 0. The zero-order chi connectivity index (χ0) is 19.6. The minimum absolute atomic E-state index is 0.629. The molecule has 0 aromatic carbocycles. The van der Waals surface area contributed by atoms with Gasteiger partial charge in [0.15, 0.2) is 5.29 Å². The highest BCUT2D eigenvalue weighted by atomic mass is 35.5. The van der Waals surface area contributed by atoms with E-state index >= 15 is 0 Å². The third-order valence-electron chi connectivity index (χ3n) is 6.04. The maximum absolute atomic E-state index is 6.37. The van der Waals surface area contributed by atoms with Crippen LogP contribution in [0.3, 0.4) is 0 Å². The van der Waals surface area contributed by atoms with Crippen LogP contribution in [0.1, 0.15) is 129 Å². The molecule has 0 saturated carbocycles. The van der Waals surface area contributed by atoms with Gasteiger partial charge in [-0.1, -0.05) is 117 Å². The van der Waals surface area contributed by atoms with Gasteiger partial charge in [-0.25, -0.2) is 0 Å². The summed E-state index contributed by atoms with van der Waals surface area (Å²) in [5, 5.41) is 0.777. The topological polar surface area (TPSA) is 15.6 Å². The lowest BCUT2D eigenvalue weighted by atomic mass is 9.98. The van der Waals surface area contributed by atoms with Gasteiger partial charge in [0.25, 0.3) is 0 Å². The maximum Gasteiger partial charge on any atom is 0.194 e. The zero-order valence-corrected chi connectivity index (χ0v) is 19.2. The second kappa shape index (κ2) is 17.8. The van der Waals surface area contributed by atoms with Crippen molar-refractivity contribution in [3.8, 4) is 0 Å². The van der Waals surface area contributed by atoms with E-state index in [2.05, 4.69) is 23.7 Å². The van der Waals surface area contributed by atoms with Crippen molar-refractivity contribution in [3.63, 3.8) is 0 Å². The Morgan fingerprint density at radius 3 is 1.48 bits per heavy atom. The summed E-state index contributed by atoms with van der Waals surface area (Å²) in [4.78, 5) is 6.81. The van der Waals surface area contributed by atoms with Crippen LogP contribution in [0.2, 0.25) is 0 Å². The molecule has 0 aromatic rings. The third-order valence-corrected chi connectivity index (χ3v) is 6.38. The SMILES string of the molecule is CCCCCCCCCCC(CCCCCCCCCC)N1CCN=C1Cl. The van der Waals surface area contributed by atoms with Crippen LogP contribution in [0, 0.1) is 0 Å². The average molecular weight is 399 g/mol. The molecule has 0 fully saturated rings. The molecule has 0 aliphatic carbocycles. The molecule has 0 radical (unpaired) electrons. The Balaban J connectivity index is 2.14. The van der Waals surface area contributed by atoms with Crippen molar-refractivity contribution in [2.24, 2.45) is 4.99 Å². The van der Waals surface area contributed by atoms with Crippen molar-refractivity contribution in [2.75, 3.05) is 13.1 Å². The van der Waals surface area contributed by atoms with E-state index in [9.17, 15) is 0 Å². The van der Waals surface area contributed by atoms with Crippen LogP contribution >= 0.6 is 11.6 Å². The first kappa shape index (κ1) is 24.8. The van der Waals surface area contributed by atoms with Crippen molar-refractivity contribution in [1.29, 1.82) is 0 Å². The van der Waals surface area contributed by atoms with Crippen LogP contribution in [-0.2, 0) is 0 Å². The van der Waals surface area contributed by atoms with Gasteiger partial charge in [0.1, 0.15) is 0 Å². The maximum atomic E-state index is 6.37. The van der Waals surface area contributed by atoms with Crippen LogP contribution in [0.4, 0.5) is 0 Å². The summed E-state index contributed by atoms with van der Waals surface area (Å²) in [6.45, 7) is 6.51. The zero-order valence-electron chi connectivity index (χ0n) is 18.5. The predicted octanol–water partition coefficient (Wildman–Crippen LogP) is 8.33. The Labute approximate surface area is 175 Å². The minimum Gasteiger partial charge on any atom is -0.342 e. The third kappa shape index (κ3) is 12.8. The van der Waals surface area contributed by atoms with Crippen molar-refractivity contribution in [3.05, 3.63) is 0 Å². The largest absolute Gasteiger partial charge is 0.342 e. The summed E-state index contributed by atoms with van der Waals surface area (Å²) in [5.41, 5.74) is 0. The molecule has 0 bridgehead atoms. The molecule has 1 aliphatic rings. The number of halogens is 1. The molecule has 0 unspecified atom stereocenters. The predicted molar refractivity (Wildman–Crippen MR) is 123 cm³/mol. The lowest BCUT2D eigenvalue weighted by Crippen LogP contribution is -2.36. The Kier molecular flexibility index (Phi) is 16.4. The highest BCUT2D eigenvalue weighted by Crippen LogP contribution is 2.22. The quantitative estimate of drug-likeness (QED) is 0.158. The molecule has 0 saturated heterocycles. The van der Waals surface area contributed by atoms with Gasteiger partial charge >= 0.3 is 0 Å². The Morgan fingerprint density at radius 1 is 0.704 bits per heavy atom. The minimum atomic E-state index is 0.629. The summed E-state index contributed by atoms with van der Waals surface area (Å²) >= 11 is 6.37. The standard InChI is InChI=1S/C24H47ClN2/c1-3-5-7-9-11-13-15-17-19-23(27-22-21-26-24(27)25)20-18-16-14-12-10-8-6-4-2/h23H,3-22H2,1-2H3. The van der Waals surface area contributed by atoms with Crippen LogP contribution in [0.5, 0.6) is 0 Å². The molecular formula is C24H47ClN2. The van der Waals surface area contributed by atoms with Gasteiger partial charge in [0, 0.05) is 12.6 Å². The number of unbranched alkanes of at least 4 members (excludes halogenated alkanes) is 14. The highest BCUT2D eigenvalue weighted by molar-refractivity contribution is 6.64.